The van der Waals surface area contributed by atoms with Crippen molar-refractivity contribution in [3.8, 4) is 0 Å². The predicted octanol–water partition coefficient (Wildman–Crippen LogP) is 4.03. The van der Waals surface area contributed by atoms with Gasteiger partial charge in [0, 0.05) is 11.4 Å². The Labute approximate surface area is 204 Å². The number of amides is 1. The maximum Gasteiger partial charge on any atom is 0.312 e. The molecule has 0 unspecified atom stereocenters. The van der Waals surface area contributed by atoms with Crippen LogP contribution in [0, 0.1) is 0 Å². The molecular formula is C22H25N7O3S2. The fourth-order valence-electron chi connectivity index (χ4n) is 3.56. The summed E-state index contributed by atoms with van der Waals surface area (Å²) in [4.78, 5) is 29.3. The molecule has 10 nitrogen and oxygen atoms in total. The molecule has 0 bridgehead atoms. The second-order valence-electron chi connectivity index (χ2n) is 7.73. The van der Waals surface area contributed by atoms with Crippen LogP contribution in [0.25, 0.3) is 22.1 Å². The van der Waals surface area contributed by atoms with Crippen molar-refractivity contribution in [1.82, 2.24) is 29.9 Å². The van der Waals surface area contributed by atoms with Crippen LogP contribution in [0.1, 0.15) is 45.2 Å². The van der Waals surface area contributed by atoms with Crippen molar-refractivity contribution in [3.05, 3.63) is 29.3 Å². The van der Waals surface area contributed by atoms with Crippen LogP contribution in [0.3, 0.4) is 0 Å². The number of ether oxygens (including phenoxy) is 1. The number of rotatable bonds is 9. The van der Waals surface area contributed by atoms with Crippen LogP contribution in [0.5, 0.6) is 0 Å². The Bertz CT molecular complexity index is 1330. The summed E-state index contributed by atoms with van der Waals surface area (Å²) in [5, 5.41) is 21.2. The Morgan fingerprint density at radius 1 is 1.15 bits per heavy atom. The monoisotopic (exact) mass is 499 g/mol. The van der Waals surface area contributed by atoms with Crippen molar-refractivity contribution in [2.24, 2.45) is 0 Å². The normalized spacial score (nSPS) is 12.4. The number of esters is 1. The minimum Gasteiger partial charge on any atom is -0.466 e. The number of benzene rings is 1. The lowest BCUT2D eigenvalue weighted by molar-refractivity contribution is -0.142. The lowest BCUT2D eigenvalue weighted by Gasteiger charge is -2.13. The van der Waals surface area contributed by atoms with Crippen LogP contribution in [0.4, 0.5) is 5.13 Å². The van der Waals surface area contributed by atoms with E-state index in [1.54, 1.807) is 6.92 Å². The number of fused-ring (bicyclic) bond motifs is 3. The van der Waals surface area contributed by atoms with Crippen LogP contribution in [0.15, 0.2) is 29.4 Å². The molecule has 3 aromatic heterocycles. The zero-order valence-electron chi connectivity index (χ0n) is 19.3. The highest BCUT2D eigenvalue weighted by Crippen LogP contribution is 2.31. The van der Waals surface area contributed by atoms with E-state index in [0.29, 0.717) is 28.3 Å². The van der Waals surface area contributed by atoms with Crippen molar-refractivity contribution < 1.29 is 14.3 Å². The van der Waals surface area contributed by atoms with Crippen LogP contribution in [0.2, 0.25) is 0 Å². The Morgan fingerprint density at radius 3 is 2.68 bits per heavy atom. The summed E-state index contributed by atoms with van der Waals surface area (Å²) in [7, 11) is 0. The van der Waals surface area contributed by atoms with Gasteiger partial charge in [-0.05, 0) is 33.3 Å². The maximum atomic E-state index is 12.9. The van der Waals surface area contributed by atoms with E-state index in [9.17, 15) is 9.59 Å². The third kappa shape index (κ3) is 5.02. The standard InChI is InChI=1S/C22H25N7O3S2/c1-5-15(20(31)24-22-27-25-16(34-22)11-17(30)32-6-2)33-21-23-19-18(26-28-21)13-9-7-8-10-14(13)29(19)12(3)4/h7-10,12,15H,5-6,11H2,1-4H3,(H,24,27,31)/t15-/m0/s1. The molecule has 0 aliphatic heterocycles. The number of para-hydroxylation sites is 1. The summed E-state index contributed by atoms with van der Waals surface area (Å²) in [6.45, 7) is 8.16. The number of aromatic nitrogens is 6. The molecule has 0 aliphatic carbocycles. The molecule has 3 heterocycles. The Balaban J connectivity index is 1.52. The van der Waals surface area contributed by atoms with Gasteiger partial charge in [-0.1, -0.05) is 48.2 Å². The first kappa shape index (κ1) is 24.0. The van der Waals surface area contributed by atoms with Gasteiger partial charge >= 0.3 is 5.97 Å². The summed E-state index contributed by atoms with van der Waals surface area (Å²) in [5.41, 5.74) is 2.54. The van der Waals surface area contributed by atoms with Gasteiger partial charge in [-0.25, -0.2) is 4.98 Å². The van der Waals surface area contributed by atoms with Gasteiger partial charge in [-0.15, -0.1) is 20.4 Å². The van der Waals surface area contributed by atoms with E-state index < -0.39 is 5.25 Å². The van der Waals surface area contributed by atoms with E-state index in [-0.39, 0.29) is 24.3 Å². The molecule has 1 N–H and O–H groups in total. The van der Waals surface area contributed by atoms with Crippen LogP contribution < -0.4 is 5.32 Å². The highest BCUT2D eigenvalue weighted by molar-refractivity contribution is 8.00. The smallest absolute Gasteiger partial charge is 0.312 e. The maximum absolute atomic E-state index is 12.9. The van der Waals surface area contributed by atoms with E-state index in [4.69, 9.17) is 9.72 Å². The first-order valence-corrected chi connectivity index (χ1v) is 12.7. The van der Waals surface area contributed by atoms with Gasteiger partial charge in [0.15, 0.2) is 5.65 Å². The average Bonchev–Trinajstić information content (AvgIpc) is 3.38. The average molecular weight is 500 g/mol. The molecule has 34 heavy (non-hydrogen) atoms. The third-order valence-electron chi connectivity index (χ3n) is 5.02. The second-order valence-corrected chi connectivity index (χ2v) is 9.97. The van der Waals surface area contributed by atoms with E-state index >= 15 is 0 Å². The Kier molecular flexibility index (Phi) is 7.37. The van der Waals surface area contributed by atoms with Gasteiger partial charge in [0.2, 0.25) is 16.2 Å². The summed E-state index contributed by atoms with van der Waals surface area (Å²) in [6, 6.07) is 8.21. The summed E-state index contributed by atoms with van der Waals surface area (Å²) >= 11 is 2.41. The molecule has 0 saturated carbocycles. The van der Waals surface area contributed by atoms with E-state index in [1.165, 1.54) is 11.8 Å². The molecule has 0 spiro atoms. The molecule has 12 heteroatoms. The summed E-state index contributed by atoms with van der Waals surface area (Å²) < 4.78 is 7.05. The zero-order chi connectivity index (χ0) is 24.2. The number of hydrogen-bond acceptors (Lipinski definition) is 10. The molecule has 0 radical (unpaired) electrons. The van der Waals surface area contributed by atoms with Crippen LogP contribution in [-0.4, -0.2) is 53.7 Å². The van der Waals surface area contributed by atoms with Crippen molar-refractivity contribution in [2.45, 2.75) is 57.0 Å². The van der Waals surface area contributed by atoms with E-state index in [1.807, 2.05) is 31.2 Å². The highest BCUT2D eigenvalue weighted by atomic mass is 32.2. The predicted molar refractivity (Wildman–Crippen MR) is 132 cm³/mol. The summed E-state index contributed by atoms with van der Waals surface area (Å²) in [5.74, 6) is -0.614. The number of carbonyl (C=O) groups is 2. The molecule has 0 aliphatic rings. The fourth-order valence-corrected chi connectivity index (χ4v) is 5.11. The lowest BCUT2D eigenvalue weighted by Crippen LogP contribution is -2.24. The van der Waals surface area contributed by atoms with Gasteiger partial charge < -0.3 is 9.30 Å². The van der Waals surface area contributed by atoms with Gasteiger partial charge in [0.05, 0.1) is 23.8 Å². The van der Waals surface area contributed by atoms with Crippen molar-refractivity contribution in [1.29, 1.82) is 0 Å². The first-order valence-electron chi connectivity index (χ1n) is 11.0. The van der Waals surface area contributed by atoms with Crippen molar-refractivity contribution in [2.75, 3.05) is 11.9 Å². The van der Waals surface area contributed by atoms with Gasteiger partial charge in [-0.3, -0.25) is 14.9 Å². The van der Waals surface area contributed by atoms with Crippen molar-refractivity contribution >= 4 is 62.2 Å². The minimum atomic E-state index is -0.450. The van der Waals surface area contributed by atoms with Gasteiger partial charge in [0.1, 0.15) is 10.5 Å². The number of nitrogens with one attached hydrogen (secondary N) is 1. The summed E-state index contributed by atoms with van der Waals surface area (Å²) in [6.07, 6.45) is 0.580. The third-order valence-corrected chi connectivity index (χ3v) is 7.08. The SMILES string of the molecule is CCOC(=O)Cc1nnc(NC(=O)[C@H](CC)Sc2nnc3c4ccccc4n(C(C)C)c3n2)s1. The molecule has 4 aromatic rings. The number of carbonyl (C=O) groups excluding carboxylic acids is 2. The zero-order valence-corrected chi connectivity index (χ0v) is 20.9. The van der Waals surface area contributed by atoms with Crippen molar-refractivity contribution in [3.63, 3.8) is 0 Å². The fraction of sp³-hybridized carbons (Fsp3) is 0.409. The second kappa shape index (κ2) is 10.4. The number of hydrogen-bond donors (Lipinski definition) is 1. The number of anilines is 1. The quantitative estimate of drug-likeness (QED) is 0.268. The first-order chi connectivity index (χ1) is 16.4. The van der Waals surface area contributed by atoms with Crippen LogP contribution in [-0.2, 0) is 20.7 Å². The number of nitrogens with zero attached hydrogens (tertiary/aromatic N) is 6. The molecular weight excluding hydrogens is 474 g/mol. The molecule has 1 amide bonds. The molecule has 0 fully saturated rings. The Hall–Kier alpha value is -3.12. The minimum absolute atomic E-state index is 0.0245. The van der Waals surface area contributed by atoms with E-state index in [2.05, 4.69) is 44.1 Å². The molecule has 4 rings (SSSR count). The number of thioether (sulfide) groups is 1. The Morgan fingerprint density at radius 2 is 1.94 bits per heavy atom. The topological polar surface area (TPSA) is 125 Å². The van der Waals surface area contributed by atoms with Gasteiger partial charge in [-0.2, -0.15) is 0 Å². The highest BCUT2D eigenvalue weighted by Gasteiger charge is 2.23. The largest absolute Gasteiger partial charge is 0.466 e. The lowest BCUT2D eigenvalue weighted by atomic mass is 10.2. The molecule has 1 atom stereocenters. The van der Waals surface area contributed by atoms with E-state index in [0.717, 1.165) is 33.4 Å². The molecule has 178 valence electrons. The van der Waals surface area contributed by atoms with Gasteiger partial charge in [0.25, 0.3) is 0 Å². The molecule has 0 saturated heterocycles. The molecule has 1 aromatic carbocycles. The van der Waals surface area contributed by atoms with Crippen LogP contribution >= 0.6 is 23.1 Å².